The first-order valence-corrected chi connectivity index (χ1v) is 9.58. The number of rotatable bonds is 8. The Bertz CT molecular complexity index is 1220. The molecule has 0 spiro atoms. The van der Waals surface area contributed by atoms with Crippen molar-refractivity contribution in [3.63, 3.8) is 0 Å². The molecule has 1 aliphatic rings. The summed E-state index contributed by atoms with van der Waals surface area (Å²) in [5.41, 5.74) is 0.352. The molecule has 12 heteroatoms. The van der Waals surface area contributed by atoms with Crippen LogP contribution in [0.25, 0.3) is 11.3 Å². The van der Waals surface area contributed by atoms with Crippen molar-refractivity contribution in [1.29, 1.82) is 0 Å². The lowest BCUT2D eigenvalue weighted by Gasteiger charge is -2.10. The Hall–Kier alpha value is -4.48. The molecule has 2 aromatic carbocycles. The zero-order valence-electron chi connectivity index (χ0n) is 17.9. The van der Waals surface area contributed by atoms with Gasteiger partial charge in [0.05, 0.1) is 32.3 Å². The molecule has 0 aliphatic carbocycles. The number of esters is 1. The van der Waals surface area contributed by atoms with Crippen LogP contribution >= 0.6 is 0 Å². The molecule has 2 heterocycles. The van der Waals surface area contributed by atoms with E-state index < -0.39 is 10.9 Å². The van der Waals surface area contributed by atoms with E-state index in [1.807, 2.05) is 0 Å². The second-order valence-electron chi connectivity index (χ2n) is 6.75. The van der Waals surface area contributed by atoms with Gasteiger partial charge in [-0.25, -0.2) is 4.79 Å². The molecular weight excluding hydrogens is 438 g/mol. The van der Waals surface area contributed by atoms with Gasteiger partial charge >= 0.3 is 5.97 Å². The summed E-state index contributed by atoms with van der Waals surface area (Å²) in [6.07, 6.45) is 0. The van der Waals surface area contributed by atoms with E-state index >= 15 is 0 Å². The number of nitro groups is 1. The molecule has 0 bridgehead atoms. The number of anilines is 1. The van der Waals surface area contributed by atoms with E-state index in [-0.39, 0.29) is 53.2 Å². The zero-order chi connectivity index (χ0) is 23.5. The van der Waals surface area contributed by atoms with E-state index in [2.05, 4.69) is 10.5 Å². The fourth-order valence-electron chi connectivity index (χ4n) is 3.33. The van der Waals surface area contributed by atoms with Crippen molar-refractivity contribution in [2.24, 2.45) is 0 Å². The monoisotopic (exact) mass is 457 g/mol. The van der Waals surface area contributed by atoms with Gasteiger partial charge in [0, 0.05) is 12.6 Å². The maximum absolute atomic E-state index is 12.6. The number of nitrogens with zero attached hydrogens (tertiary/aromatic N) is 2. The van der Waals surface area contributed by atoms with Gasteiger partial charge in [0.2, 0.25) is 6.79 Å². The summed E-state index contributed by atoms with van der Waals surface area (Å²) in [4.78, 5) is 23.6. The Morgan fingerprint density at radius 3 is 2.52 bits per heavy atom. The molecule has 12 nitrogen and oxygen atoms in total. The van der Waals surface area contributed by atoms with Gasteiger partial charge in [-0.3, -0.25) is 10.1 Å². The van der Waals surface area contributed by atoms with Crippen LogP contribution in [0.4, 0.5) is 11.5 Å². The normalized spacial score (nSPS) is 11.7. The van der Waals surface area contributed by atoms with E-state index in [1.165, 1.54) is 33.5 Å². The summed E-state index contributed by atoms with van der Waals surface area (Å²) in [7, 11) is 4.24. The summed E-state index contributed by atoms with van der Waals surface area (Å²) in [6, 6.07) is 7.87. The third-order valence-corrected chi connectivity index (χ3v) is 4.92. The predicted octanol–water partition coefficient (Wildman–Crippen LogP) is 3.39. The van der Waals surface area contributed by atoms with E-state index in [4.69, 9.17) is 28.2 Å². The van der Waals surface area contributed by atoms with Crippen LogP contribution < -0.4 is 24.3 Å². The Morgan fingerprint density at radius 1 is 1.12 bits per heavy atom. The van der Waals surface area contributed by atoms with Gasteiger partial charge in [-0.2, -0.15) is 0 Å². The summed E-state index contributed by atoms with van der Waals surface area (Å²) in [5.74, 6) is 0.726. The molecule has 0 radical (unpaired) electrons. The first kappa shape index (κ1) is 21.7. The van der Waals surface area contributed by atoms with Crippen molar-refractivity contribution in [3.8, 4) is 34.3 Å². The molecule has 0 saturated heterocycles. The average molecular weight is 457 g/mol. The largest absolute Gasteiger partial charge is 0.493 e. The highest BCUT2D eigenvalue weighted by Gasteiger charge is 2.32. The van der Waals surface area contributed by atoms with Crippen LogP contribution in [-0.4, -0.2) is 44.2 Å². The molecule has 1 N–H and O–H groups in total. The van der Waals surface area contributed by atoms with Gasteiger partial charge in [0.15, 0.2) is 40.1 Å². The number of methoxy groups -OCH3 is 3. The number of fused-ring (bicyclic) bond motifs is 1. The fourth-order valence-corrected chi connectivity index (χ4v) is 3.33. The molecular formula is C21H19N3O9. The molecule has 3 aromatic rings. The minimum Gasteiger partial charge on any atom is -0.493 e. The van der Waals surface area contributed by atoms with Crippen molar-refractivity contribution in [2.45, 2.75) is 6.54 Å². The van der Waals surface area contributed by atoms with E-state index in [0.717, 1.165) is 5.56 Å². The maximum atomic E-state index is 12.6. The van der Waals surface area contributed by atoms with E-state index in [9.17, 15) is 14.9 Å². The van der Waals surface area contributed by atoms with Crippen molar-refractivity contribution in [2.75, 3.05) is 33.4 Å². The number of nitro benzene ring substituents is 1. The molecule has 0 unspecified atom stereocenters. The Balaban J connectivity index is 1.71. The summed E-state index contributed by atoms with van der Waals surface area (Å²) in [6.45, 7) is 0.161. The maximum Gasteiger partial charge on any atom is 0.345 e. The number of nitrogens with one attached hydrogen (secondary N) is 1. The van der Waals surface area contributed by atoms with Crippen LogP contribution in [0, 0.1) is 10.1 Å². The first-order chi connectivity index (χ1) is 16.0. The number of benzene rings is 2. The molecule has 1 aromatic heterocycles. The quantitative estimate of drug-likeness (QED) is 0.302. The highest BCUT2D eigenvalue weighted by atomic mass is 16.7. The van der Waals surface area contributed by atoms with Crippen LogP contribution in [0.2, 0.25) is 0 Å². The fraction of sp³-hybridized carbons (Fsp3) is 0.238. The first-order valence-electron chi connectivity index (χ1n) is 9.58. The van der Waals surface area contributed by atoms with Gasteiger partial charge in [-0.1, -0.05) is 11.2 Å². The Labute approximate surface area is 187 Å². The number of hydrogen-bond donors (Lipinski definition) is 1. The smallest absolute Gasteiger partial charge is 0.345 e. The van der Waals surface area contributed by atoms with Crippen molar-refractivity contribution in [3.05, 3.63) is 51.6 Å². The Morgan fingerprint density at radius 2 is 1.85 bits per heavy atom. The van der Waals surface area contributed by atoms with Crippen molar-refractivity contribution >= 4 is 17.5 Å². The van der Waals surface area contributed by atoms with Gasteiger partial charge < -0.3 is 33.5 Å². The van der Waals surface area contributed by atoms with Gasteiger partial charge in [-0.05, 0) is 17.7 Å². The van der Waals surface area contributed by atoms with Gasteiger partial charge in [0.25, 0.3) is 5.69 Å². The van der Waals surface area contributed by atoms with Crippen LogP contribution in [0.5, 0.6) is 23.0 Å². The SMILES string of the molecule is COC(=O)c1c(NCc2ccc(OC)c(OC)c2)noc1-c1cc2c(cc1[N+](=O)[O-])OCO2. The van der Waals surface area contributed by atoms with E-state index in [0.29, 0.717) is 11.5 Å². The molecule has 1 aliphatic heterocycles. The topological polar surface area (TPSA) is 144 Å². The molecule has 0 fully saturated rings. The number of aromatic nitrogens is 1. The van der Waals surface area contributed by atoms with Gasteiger partial charge in [0.1, 0.15) is 5.56 Å². The Kier molecular flexibility index (Phi) is 5.89. The minimum absolute atomic E-state index is 0.00341. The summed E-state index contributed by atoms with van der Waals surface area (Å²) in [5, 5.41) is 18.6. The molecule has 0 saturated carbocycles. The molecule has 33 heavy (non-hydrogen) atoms. The number of ether oxygens (including phenoxy) is 5. The van der Waals surface area contributed by atoms with Crippen molar-refractivity contribution < 1.29 is 37.9 Å². The number of carbonyl (C=O) groups excluding carboxylic acids is 1. The highest BCUT2D eigenvalue weighted by molar-refractivity contribution is 6.01. The molecule has 172 valence electrons. The van der Waals surface area contributed by atoms with E-state index in [1.54, 1.807) is 18.2 Å². The van der Waals surface area contributed by atoms with Crippen LogP contribution in [0.15, 0.2) is 34.9 Å². The van der Waals surface area contributed by atoms with Crippen LogP contribution in [0.3, 0.4) is 0 Å². The second kappa shape index (κ2) is 8.94. The zero-order valence-corrected chi connectivity index (χ0v) is 17.9. The average Bonchev–Trinajstić information content (AvgIpc) is 3.47. The van der Waals surface area contributed by atoms with Crippen LogP contribution in [-0.2, 0) is 11.3 Å². The predicted molar refractivity (Wildman–Crippen MR) is 113 cm³/mol. The summed E-state index contributed by atoms with van der Waals surface area (Å²) < 4.78 is 31.3. The third-order valence-electron chi connectivity index (χ3n) is 4.92. The molecule has 0 amide bonds. The van der Waals surface area contributed by atoms with Crippen molar-refractivity contribution in [1.82, 2.24) is 5.16 Å². The number of carbonyl (C=O) groups is 1. The van der Waals surface area contributed by atoms with Crippen LogP contribution in [0.1, 0.15) is 15.9 Å². The lowest BCUT2D eigenvalue weighted by atomic mass is 10.1. The standard InChI is InChI=1S/C21H19N3O9/c1-28-14-5-4-11(6-15(14)29-2)9-22-20-18(21(25)30-3)19(33-23-20)12-7-16-17(32-10-31-16)8-13(12)24(26)27/h4-8H,9-10H2,1-3H3,(H,22,23). The molecule has 0 atom stereocenters. The highest BCUT2D eigenvalue weighted by Crippen LogP contribution is 2.44. The lowest BCUT2D eigenvalue weighted by molar-refractivity contribution is -0.384. The lowest BCUT2D eigenvalue weighted by Crippen LogP contribution is -2.08. The van der Waals surface area contributed by atoms with Gasteiger partial charge in [-0.15, -0.1) is 0 Å². The molecule has 4 rings (SSSR count). The third kappa shape index (κ3) is 4.05. The summed E-state index contributed by atoms with van der Waals surface area (Å²) >= 11 is 0. The number of hydrogen-bond acceptors (Lipinski definition) is 11. The minimum atomic E-state index is -0.784. The second-order valence-corrected chi connectivity index (χ2v) is 6.75.